The van der Waals surface area contributed by atoms with Crippen LogP contribution in [0.1, 0.15) is 52.4 Å². The molecule has 1 N–H and O–H groups in total. The van der Waals surface area contributed by atoms with E-state index < -0.39 is 0 Å². The highest BCUT2D eigenvalue weighted by atomic mass is 32.2. The molecule has 0 saturated heterocycles. The standard InChI is InChI=1S/C14H27NS/c1-11(2)12-8-13(9-12)15-10-14(16-3)6-4-5-7-14/h11-13,15H,4-10H2,1-3H3. The molecule has 0 heterocycles. The van der Waals surface area contributed by atoms with Crippen LogP contribution in [0.15, 0.2) is 0 Å². The average molecular weight is 241 g/mol. The van der Waals surface area contributed by atoms with Gasteiger partial charge in [0.2, 0.25) is 0 Å². The lowest BCUT2D eigenvalue weighted by molar-refractivity contribution is 0.166. The van der Waals surface area contributed by atoms with Crippen molar-refractivity contribution in [1.29, 1.82) is 0 Å². The maximum atomic E-state index is 3.82. The molecule has 2 rings (SSSR count). The lowest BCUT2D eigenvalue weighted by Crippen LogP contribution is -2.48. The Hall–Kier alpha value is 0.310. The SMILES string of the molecule is CSC1(CNC2CC(C(C)C)C2)CCCC1. The first-order chi connectivity index (χ1) is 7.65. The molecule has 0 bridgehead atoms. The molecule has 0 aromatic heterocycles. The molecule has 2 saturated carbocycles. The van der Waals surface area contributed by atoms with Gasteiger partial charge in [-0.2, -0.15) is 11.8 Å². The highest BCUT2D eigenvalue weighted by Gasteiger charge is 2.36. The van der Waals surface area contributed by atoms with E-state index in [4.69, 9.17) is 0 Å². The van der Waals surface area contributed by atoms with Crippen LogP contribution >= 0.6 is 11.8 Å². The van der Waals surface area contributed by atoms with Gasteiger partial charge in [-0.1, -0.05) is 26.7 Å². The van der Waals surface area contributed by atoms with Gasteiger partial charge in [0.05, 0.1) is 0 Å². The van der Waals surface area contributed by atoms with Gasteiger partial charge in [-0.05, 0) is 43.8 Å². The quantitative estimate of drug-likeness (QED) is 0.788. The van der Waals surface area contributed by atoms with Gasteiger partial charge < -0.3 is 5.32 Å². The second-order valence-corrected chi connectivity index (χ2v) is 7.42. The molecule has 2 heteroatoms. The smallest absolute Gasteiger partial charge is 0.0281 e. The van der Waals surface area contributed by atoms with Crippen molar-refractivity contribution in [3.05, 3.63) is 0 Å². The molecule has 0 spiro atoms. The normalized spacial score (nSPS) is 33.0. The number of nitrogens with one attached hydrogen (secondary N) is 1. The Labute approximate surface area is 105 Å². The predicted molar refractivity (Wildman–Crippen MR) is 74.1 cm³/mol. The third-order valence-electron chi connectivity index (χ3n) is 4.78. The second-order valence-electron chi connectivity index (χ2n) is 6.15. The zero-order chi connectivity index (χ0) is 11.6. The molecule has 0 aromatic rings. The molecule has 0 unspecified atom stereocenters. The second kappa shape index (κ2) is 5.30. The summed E-state index contributed by atoms with van der Waals surface area (Å²) < 4.78 is 0.586. The Morgan fingerprint density at radius 1 is 1.25 bits per heavy atom. The van der Waals surface area contributed by atoms with E-state index in [9.17, 15) is 0 Å². The van der Waals surface area contributed by atoms with E-state index in [1.807, 2.05) is 0 Å². The molecular formula is C14H27NS. The van der Waals surface area contributed by atoms with E-state index in [-0.39, 0.29) is 0 Å². The van der Waals surface area contributed by atoms with Crippen LogP contribution in [0.4, 0.5) is 0 Å². The van der Waals surface area contributed by atoms with Crippen LogP contribution in [0, 0.1) is 11.8 Å². The van der Waals surface area contributed by atoms with Crippen LogP contribution in [0.5, 0.6) is 0 Å². The van der Waals surface area contributed by atoms with Gasteiger partial charge in [-0.15, -0.1) is 0 Å². The first-order valence-electron chi connectivity index (χ1n) is 6.94. The largest absolute Gasteiger partial charge is 0.313 e. The van der Waals surface area contributed by atoms with Crippen molar-refractivity contribution < 1.29 is 0 Å². The van der Waals surface area contributed by atoms with Crippen molar-refractivity contribution in [3.63, 3.8) is 0 Å². The van der Waals surface area contributed by atoms with Crippen molar-refractivity contribution in [2.75, 3.05) is 12.8 Å². The molecule has 2 aliphatic carbocycles. The third kappa shape index (κ3) is 2.76. The summed E-state index contributed by atoms with van der Waals surface area (Å²) in [5, 5.41) is 3.82. The molecule has 2 fully saturated rings. The molecule has 0 atom stereocenters. The summed E-state index contributed by atoms with van der Waals surface area (Å²) in [6, 6.07) is 0.831. The summed E-state index contributed by atoms with van der Waals surface area (Å²) >= 11 is 2.10. The summed E-state index contributed by atoms with van der Waals surface area (Å²) in [6.07, 6.45) is 10.9. The average Bonchev–Trinajstić information content (AvgIpc) is 2.64. The maximum absolute atomic E-state index is 3.82. The van der Waals surface area contributed by atoms with E-state index in [1.165, 1.54) is 45.1 Å². The van der Waals surface area contributed by atoms with Crippen molar-refractivity contribution in [1.82, 2.24) is 5.32 Å². The molecule has 0 amide bonds. The number of rotatable bonds is 5. The fraction of sp³-hybridized carbons (Fsp3) is 1.00. The van der Waals surface area contributed by atoms with E-state index >= 15 is 0 Å². The Balaban J connectivity index is 1.68. The molecule has 16 heavy (non-hydrogen) atoms. The van der Waals surface area contributed by atoms with Gasteiger partial charge in [-0.3, -0.25) is 0 Å². The van der Waals surface area contributed by atoms with Crippen LogP contribution in [0.25, 0.3) is 0 Å². The van der Waals surface area contributed by atoms with Crippen LogP contribution < -0.4 is 5.32 Å². The molecule has 1 nitrogen and oxygen atoms in total. The monoisotopic (exact) mass is 241 g/mol. The Morgan fingerprint density at radius 2 is 1.88 bits per heavy atom. The third-order valence-corrected chi connectivity index (χ3v) is 6.20. The highest BCUT2D eigenvalue weighted by Crippen LogP contribution is 2.40. The fourth-order valence-corrected chi connectivity index (χ4v) is 4.10. The zero-order valence-corrected chi connectivity index (χ0v) is 11.9. The van der Waals surface area contributed by atoms with Gasteiger partial charge in [0.15, 0.2) is 0 Å². The molecule has 94 valence electrons. The van der Waals surface area contributed by atoms with Crippen LogP contribution in [0.2, 0.25) is 0 Å². The van der Waals surface area contributed by atoms with E-state index in [2.05, 4.69) is 37.2 Å². The maximum Gasteiger partial charge on any atom is 0.0281 e. The van der Waals surface area contributed by atoms with Crippen LogP contribution in [-0.4, -0.2) is 23.6 Å². The van der Waals surface area contributed by atoms with Gasteiger partial charge in [0.1, 0.15) is 0 Å². The first kappa shape index (κ1) is 12.8. The molecule has 2 aliphatic rings. The van der Waals surface area contributed by atoms with E-state index in [0.717, 1.165) is 17.9 Å². The van der Waals surface area contributed by atoms with Gasteiger partial charge in [-0.25, -0.2) is 0 Å². The first-order valence-corrected chi connectivity index (χ1v) is 8.16. The summed E-state index contributed by atoms with van der Waals surface area (Å²) in [6.45, 7) is 5.98. The van der Waals surface area contributed by atoms with Gasteiger partial charge >= 0.3 is 0 Å². The topological polar surface area (TPSA) is 12.0 Å². The van der Waals surface area contributed by atoms with Crippen molar-refractivity contribution in [3.8, 4) is 0 Å². The van der Waals surface area contributed by atoms with Crippen molar-refractivity contribution in [2.24, 2.45) is 11.8 Å². The summed E-state index contributed by atoms with van der Waals surface area (Å²) in [5.41, 5.74) is 0. The van der Waals surface area contributed by atoms with Crippen molar-refractivity contribution in [2.45, 2.75) is 63.2 Å². The predicted octanol–water partition coefficient (Wildman–Crippen LogP) is 3.69. The number of hydrogen-bond donors (Lipinski definition) is 1. The number of thioether (sulfide) groups is 1. The lowest BCUT2D eigenvalue weighted by Gasteiger charge is -2.40. The minimum atomic E-state index is 0.586. The van der Waals surface area contributed by atoms with E-state index in [0.29, 0.717) is 4.75 Å². The Kier molecular flexibility index (Phi) is 4.23. The van der Waals surface area contributed by atoms with Gasteiger partial charge in [0, 0.05) is 17.3 Å². The Morgan fingerprint density at radius 3 is 2.38 bits per heavy atom. The zero-order valence-electron chi connectivity index (χ0n) is 11.1. The minimum Gasteiger partial charge on any atom is -0.313 e. The lowest BCUT2D eigenvalue weighted by atomic mass is 9.73. The van der Waals surface area contributed by atoms with Crippen molar-refractivity contribution >= 4 is 11.8 Å². The number of hydrogen-bond acceptors (Lipinski definition) is 2. The Bertz CT molecular complexity index is 215. The highest BCUT2D eigenvalue weighted by molar-refractivity contribution is 8.00. The molecular weight excluding hydrogens is 214 g/mol. The van der Waals surface area contributed by atoms with Crippen LogP contribution in [0.3, 0.4) is 0 Å². The molecule has 0 aromatic carbocycles. The molecule has 0 aliphatic heterocycles. The van der Waals surface area contributed by atoms with Crippen LogP contribution in [-0.2, 0) is 0 Å². The van der Waals surface area contributed by atoms with E-state index in [1.54, 1.807) is 0 Å². The van der Waals surface area contributed by atoms with Gasteiger partial charge in [0.25, 0.3) is 0 Å². The summed E-state index contributed by atoms with van der Waals surface area (Å²) in [4.78, 5) is 0. The minimum absolute atomic E-state index is 0.586. The fourth-order valence-electron chi connectivity index (χ4n) is 3.18. The summed E-state index contributed by atoms with van der Waals surface area (Å²) in [7, 11) is 0. The summed E-state index contributed by atoms with van der Waals surface area (Å²) in [5.74, 6) is 1.88. The molecule has 0 radical (unpaired) electrons.